The normalized spacial score (nSPS) is 14.2. The average molecular weight is 520 g/mol. The standard InChI is InChI=1S/C29H34ClN5O2/c1-4-20(2)22-8-10-23(11-9-22)31-28(36)32-24-12-14-25(15-13-24)34-16-18-35(19-17-34)29(37)33-27-21(3)6-5-7-26(27)30/h5-15,20H,4,16-19H2,1-3H3,(H,33,37)(H2,31,32,36). The molecule has 0 spiro atoms. The number of aryl methyl sites for hydroxylation is 1. The molecule has 0 bridgehead atoms. The lowest BCUT2D eigenvalue weighted by Crippen LogP contribution is -2.50. The van der Waals surface area contributed by atoms with Crippen molar-refractivity contribution < 1.29 is 9.59 Å². The van der Waals surface area contributed by atoms with E-state index in [0.29, 0.717) is 35.4 Å². The second-order valence-electron chi connectivity index (χ2n) is 9.39. The number of carbonyl (C=O) groups is 2. The van der Waals surface area contributed by atoms with E-state index in [1.807, 2.05) is 55.5 Å². The van der Waals surface area contributed by atoms with E-state index in [2.05, 4.69) is 46.8 Å². The van der Waals surface area contributed by atoms with E-state index < -0.39 is 0 Å². The monoisotopic (exact) mass is 519 g/mol. The molecule has 3 aromatic carbocycles. The first-order valence-electron chi connectivity index (χ1n) is 12.7. The number of hydrogen-bond donors (Lipinski definition) is 3. The summed E-state index contributed by atoms with van der Waals surface area (Å²) in [6, 6.07) is 20.9. The third-order valence-corrected chi connectivity index (χ3v) is 7.18. The summed E-state index contributed by atoms with van der Waals surface area (Å²) in [6.45, 7) is 8.93. The highest BCUT2D eigenvalue weighted by Gasteiger charge is 2.22. The summed E-state index contributed by atoms with van der Waals surface area (Å²) in [5.74, 6) is 0.499. The molecular weight excluding hydrogens is 486 g/mol. The van der Waals surface area contributed by atoms with Crippen molar-refractivity contribution in [3.05, 3.63) is 82.9 Å². The molecule has 0 aliphatic carbocycles. The van der Waals surface area contributed by atoms with Crippen molar-refractivity contribution in [2.45, 2.75) is 33.1 Å². The van der Waals surface area contributed by atoms with Gasteiger partial charge in [0.2, 0.25) is 0 Å². The van der Waals surface area contributed by atoms with Crippen molar-refractivity contribution in [2.75, 3.05) is 47.0 Å². The van der Waals surface area contributed by atoms with Gasteiger partial charge in [-0.3, -0.25) is 0 Å². The SMILES string of the molecule is CCC(C)c1ccc(NC(=O)Nc2ccc(N3CCN(C(=O)Nc4c(C)cccc4Cl)CC3)cc2)cc1. The van der Waals surface area contributed by atoms with Gasteiger partial charge in [-0.25, -0.2) is 9.59 Å². The number of nitrogens with one attached hydrogen (secondary N) is 3. The number of nitrogens with zero attached hydrogens (tertiary/aromatic N) is 2. The van der Waals surface area contributed by atoms with E-state index in [-0.39, 0.29) is 12.1 Å². The molecule has 1 fully saturated rings. The maximum atomic E-state index is 12.7. The Kier molecular flexibility index (Phi) is 8.56. The fraction of sp³-hybridized carbons (Fsp3) is 0.310. The van der Waals surface area contributed by atoms with Crippen LogP contribution in [0.3, 0.4) is 0 Å². The number of benzene rings is 3. The van der Waals surface area contributed by atoms with Crippen LogP contribution in [0.15, 0.2) is 66.7 Å². The molecule has 0 radical (unpaired) electrons. The van der Waals surface area contributed by atoms with Crippen LogP contribution in [0.5, 0.6) is 0 Å². The summed E-state index contributed by atoms with van der Waals surface area (Å²) in [7, 11) is 0. The minimum absolute atomic E-state index is 0.143. The molecule has 37 heavy (non-hydrogen) atoms. The van der Waals surface area contributed by atoms with Crippen molar-refractivity contribution in [2.24, 2.45) is 0 Å². The largest absolute Gasteiger partial charge is 0.368 e. The molecule has 7 nitrogen and oxygen atoms in total. The van der Waals surface area contributed by atoms with Crippen LogP contribution in [0.1, 0.15) is 37.3 Å². The predicted octanol–water partition coefficient (Wildman–Crippen LogP) is 7.16. The summed E-state index contributed by atoms with van der Waals surface area (Å²) in [5, 5.41) is 9.25. The molecule has 1 heterocycles. The maximum Gasteiger partial charge on any atom is 0.323 e. The smallest absolute Gasteiger partial charge is 0.323 e. The van der Waals surface area contributed by atoms with Crippen LogP contribution in [-0.4, -0.2) is 43.1 Å². The van der Waals surface area contributed by atoms with Crippen LogP contribution in [0.2, 0.25) is 5.02 Å². The molecule has 1 aliphatic heterocycles. The summed E-state index contributed by atoms with van der Waals surface area (Å²) in [4.78, 5) is 29.2. The van der Waals surface area contributed by atoms with Crippen molar-refractivity contribution in [1.29, 1.82) is 0 Å². The van der Waals surface area contributed by atoms with E-state index in [0.717, 1.165) is 36.4 Å². The number of rotatable bonds is 6. The zero-order valence-corrected chi connectivity index (χ0v) is 22.3. The second-order valence-corrected chi connectivity index (χ2v) is 9.80. The lowest BCUT2D eigenvalue weighted by atomic mass is 9.99. The Balaban J connectivity index is 1.26. The Morgan fingerprint density at radius 2 is 1.46 bits per heavy atom. The van der Waals surface area contributed by atoms with E-state index in [1.165, 1.54) is 5.56 Å². The molecule has 0 saturated carbocycles. The quantitative estimate of drug-likeness (QED) is 0.323. The lowest BCUT2D eigenvalue weighted by molar-refractivity contribution is 0.208. The third kappa shape index (κ3) is 6.74. The zero-order chi connectivity index (χ0) is 26.4. The van der Waals surface area contributed by atoms with Crippen LogP contribution < -0.4 is 20.9 Å². The fourth-order valence-electron chi connectivity index (χ4n) is 4.32. The molecule has 3 aromatic rings. The molecule has 194 valence electrons. The third-order valence-electron chi connectivity index (χ3n) is 6.86. The maximum absolute atomic E-state index is 12.7. The molecule has 3 N–H and O–H groups in total. The van der Waals surface area contributed by atoms with Gasteiger partial charge in [-0.2, -0.15) is 0 Å². The van der Waals surface area contributed by atoms with Gasteiger partial charge in [0, 0.05) is 43.2 Å². The Bertz CT molecular complexity index is 1200. The van der Waals surface area contributed by atoms with Gasteiger partial charge in [-0.15, -0.1) is 0 Å². The van der Waals surface area contributed by atoms with Crippen molar-refractivity contribution in [3.63, 3.8) is 0 Å². The summed E-state index contributed by atoms with van der Waals surface area (Å²) in [6.07, 6.45) is 1.08. The highest BCUT2D eigenvalue weighted by Crippen LogP contribution is 2.26. The van der Waals surface area contributed by atoms with Crippen LogP contribution >= 0.6 is 11.6 Å². The van der Waals surface area contributed by atoms with E-state index in [9.17, 15) is 9.59 Å². The number of hydrogen-bond acceptors (Lipinski definition) is 3. The molecule has 4 rings (SSSR count). The number of piperazine rings is 1. The number of anilines is 4. The van der Waals surface area contributed by atoms with Gasteiger partial charge >= 0.3 is 12.1 Å². The molecular formula is C29H34ClN5O2. The molecule has 1 aliphatic rings. The first-order chi connectivity index (χ1) is 17.8. The van der Waals surface area contributed by atoms with Crippen LogP contribution in [0.4, 0.5) is 32.3 Å². The van der Waals surface area contributed by atoms with Gasteiger partial charge in [-0.1, -0.05) is 49.7 Å². The first kappa shape index (κ1) is 26.4. The Labute approximate surface area is 223 Å². The molecule has 0 aromatic heterocycles. The summed E-state index contributed by atoms with van der Waals surface area (Å²) >= 11 is 6.25. The van der Waals surface area contributed by atoms with Crippen LogP contribution in [0.25, 0.3) is 0 Å². The molecule has 8 heteroatoms. The van der Waals surface area contributed by atoms with Crippen molar-refractivity contribution >= 4 is 46.4 Å². The highest BCUT2D eigenvalue weighted by atomic mass is 35.5. The molecule has 1 atom stereocenters. The van der Waals surface area contributed by atoms with E-state index in [1.54, 1.807) is 11.0 Å². The number of urea groups is 2. The van der Waals surface area contributed by atoms with Gasteiger partial charge < -0.3 is 25.8 Å². The number of amides is 4. The van der Waals surface area contributed by atoms with Gasteiger partial charge in [0.05, 0.1) is 10.7 Å². The zero-order valence-electron chi connectivity index (χ0n) is 21.6. The molecule has 1 unspecified atom stereocenters. The van der Waals surface area contributed by atoms with Gasteiger partial charge in [0.15, 0.2) is 0 Å². The minimum Gasteiger partial charge on any atom is -0.368 e. The Morgan fingerprint density at radius 3 is 2.03 bits per heavy atom. The first-order valence-corrected chi connectivity index (χ1v) is 13.1. The number of halogens is 1. The van der Waals surface area contributed by atoms with Crippen LogP contribution in [-0.2, 0) is 0 Å². The summed E-state index contributed by atoms with van der Waals surface area (Å²) < 4.78 is 0. The average Bonchev–Trinajstić information content (AvgIpc) is 2.91. The van der Waals surface area contributed by atoms with Crippen LogP contribution in [0, 0.1) is 6.92 Å². The lowest BCUT2D eigenvalue weighted by Gasteiger charge is -2.36. The molecule has 1 saturated heterocycles. The van der Waals surface area contributed by atoms with E-state index >= 15 is 0 Å². The van der Waals surface area contributed by atoms with Crippen molar-refractivity contribution in [3.8, 4) is 0 Å². The minimum atomic E-state index is -0.280. The number of carbonyl (C=O) groups excluding carboxylic acids is 2. The molecule has 4 amide bonds. The highest BCUT2D eigenvalue weighted by molar-refractivity contribution is 6.33. The van der Waals surface area contributed by atoms with Gasteiger partial charge in [0.1, 0.15) is 0 Å². The number of para-hydroxylation sites is 1. The predicted molar refractivity (Wildman–Crippen MR) is 153 cm³/mol. The summed E-state index contributed by atoms with van der Waals surface area (Å²) in [5.41, 5.74) is 5.38. The van der Waals surface area contributed by atoms with E-state index in [4.69, 9.17) is 11.6 Å². The van der Waals surface area contributed by atoms with Gasteiger partial charge in [0.25, 0.3) is 0 Å². The van der Waals surface area contributed by atoms with Crippen molar-refractivity contribution in [1.82, 2.24) is 4.90 Å². The topological polar surface area (TPSA) is 76.7 Å². The second kappa shape index (κ2) is 12.0. The Morgan fingerprint density at radius 1 is 0.865 bits per heavy atom. The van der Waals surface area contributed by atoms with Gasteiger partial charge in [-0.05, 0) is 72.9 Å². The fourth-order valence-corrected chi connectivity index (χ4v) is 4.59. The Hall–Kier alpha value is -3.71.